The van der Waals surface area contributed by atoms with Crippen LogP contribution in [0.1, 0.15) is 10.4 Å². The number of nitrogens with zero attached hydrogens (tertiary/aromatic N) is 3. The summed E-state index contributed by atoms with van der Waals surface area (Å²) < 4.78 is 13.7. The fourth-order valence-corrected chi connectivity index (χ4v) is 2.03. The summed E-state index contributed by atoms with van der Waals surface area (Å²) in [4.78, 5) is 19.3. The predicted octanol–water partition coefficient (Wildman–Crippen LogP) is 2.83. The lowest BCUT2D eigenvalue weighted by molar-refractivity contribution is 0.0697. The Bertz CT molecular complexity index is 799. The summed E-state index contributed by atoms with van der Waals surface area (Å²) in [5.41, 5.74) is 2.82. The number of halogens is 1. The molecule has 4 N–H and O–H groups in total. The van der Waals surface area contributed by atoms with E-state index in [4.69, 9.17) is 5.41 Å². The van der Waals surface area contributed by atoms with Gasteiger partial charge in [0.1, 0.15) is 17.2 Å². The fourth-order valence-electron chi connectivity index (χ4n) is 1.69. The Kier molecular flexibility index (Phi) is 5.79. The van der Waals surface area contributed by atoms with Gasteiger partial charge in [-0.15, -0.1) is 0 Å². The highest BCUT2D eigenvalue weighted by molar-refractivity contribution is 7.98. The Balaban J connectivity index is 2.33. The average molecular weight is 348 g/mol. The number of rotatable bonds is 7. The summed E-state index contributed by atoms with van der Waals surface area (Å²) in [5.74, 6) is -1.63. The maximum atomic E-state index is 13.7. The Morgan fingerprint density at radius 2 is 2.29 bits per heavy atom. The molecule has 1 aromatic carbocycles. The van der Waals surface area contributed by atoms with Gasteiger partial charge in [-0.1, -0.05) is 11.8 Å². The minimum atomic E-state index is -1.18. The second-order valence-electron chi connectivity index (χ2n) is 4.30. The van der Waals surface area contributed by atoms with E-state index in [2.05, 4.69) is 25.8 Å². The van der Waals surface area contributed by atoms with E-state index in [1.807, 2.05) is 0 Å². The Morgan fingerprint density at radius 3 is 2.96 bits per heavy atom. The third-order valence-corrected chi connectivity index (χ3v) is 3.30. The van der Waals surface area contributed by atoms with E-state index in [0.29, 0.717) is 10.8 Å². The first-order valence-electron chi connectivity index (χ1n) is 6.54. The molecule has 0 radical (unpaired) electrons. The van der Waals surface area contributed by atoms with Crippen LogP contribution in [0.4, 0.5) is 21.6 Å². The standard InChI is InChI=1S/C14H13FN6O2S/c1-24-14-17-7-9(13(22)23)12(20-14)19-8-2-3-10(15)11(6-8)21-18-5-4-16/h2-7,16,21H,1H3,(H,22,23)(H,17,19,20)/b16-4?,18-5-. The third-order valence-electron chi connectivity index (χ3n) is 2.74. The molecule has 24 heavy (non-hydrogen) atoms. The van der Waals surface area contributed by atoms with E-state index in [9.17, 15) is 14.3 Å². The highest BCUT2D eigenvalue weighted by Crippen LogP contribution is 2.25. The van der Waals surface area contributed by atoms with Crippen molar-refractivity contribution in [2.45, 2.75) is 5.16 Å². The first kappa shape index (κ1) is 17.3. The van der Waals surface area contributed by atoms with Crippen molar-refractivity contribution in [2.24, 2.45) is 5.10 Å². The van der Waals surface area contributed by atoms with Crippen molar-refractivity contribution in [3.63, 3.8) is 0 Å². The number of thioether (sulfide) groups is 1. The molecule has 10 heteroatoms. The topological polar surface area (TPSA) is 123 Å². The maximum Gasteiger partial charge on any atom is 0.341 e. The van der Waals surface area contributed by atoms with Crippen LogP contribution in [-0.4, -0.2) is 39.7 Å². The molecule has 2 aromatic rings. The van der Waals surface area contributed by atoms with Crippen LogP contribution in [0.25, 0.3) is 0 Å². The van der Waals surface area contributed by atoms with Crippen molar-refractivity contribution in [3.05, 3.63) is 35.8 Å². The van der Waals surface area contributed by atoms with Gasteiger partial charge in [-0.05, 0) is 24.5 Å². The van der Waals surface area contributed by atoms with Crippen molar-refractivity contribution < 1.29 is 14.3 Å². The average Bonchev–Trinajstić information content (AvgIpc) is 2.57. The lowest BCUT2D eigenvalue weighted by Gasteiger charge is -2.11. The fraction of sp³-hybridized carbons (Fsp3) is 0.0714. The van der Waals surface area contributed by atoms with Crippen LogP contribution in [0.15, 0.2) is 34.7 Å². The van der Waals surface area contributed by atoms with Crippen LogP contribution < -0.4 is 10.7 Å². The van der Waals surface area contributed by atoms with Crippen molar-refractivity contribution in [3.8, 4) is 0 Å². The minimum Gasteiger partial charge on any atom is -0.477 e. The molecule has 0 atom stereocenters. The number of anilines is 3. The molecule has 0 amide bonds. The van der Waals surface area contributed by atoms with Gasteiger partial charge in [-0.3, -0.25) is 5.43 Å². The number of hydrogen-bond donors (Lipinski definition) is 4. The zero-order chi connectivity index (χ0) is 17.5. The molecule has 2 rings (SSSR count). The zero-order valence-corrected chi connectivity index (χ0v) is 13.3. The first-order valence-corrected chi connectivity index (χ1v) is 7.76. The summed E-state index contributed by atoms with van der Waals surface area (Å²) in [5, 5.41) is 22.9. The second-order valence-corrected chi connectivity index (χ2v) is 5.07. The lowest BCUT2D eigenvalue weighted by Crippen LogP contribution is -2.07. The molecule has 1 aromatic heterocycles. The summed E-state index contributed by atoms with van der Waals surface area (Å²) in [6.07, 6.45) is 5.07. The second kappa shape index (κ2) is 8.02. The number of carboxylic acids is 1. The summed E-state index contributed by atoms with van der Waals surface area (Å²) in [6, 6.07) is 4.04. The van der Waals surface area contributed by atoms with Gasteiger partial charge in [0.25, 0.3) is 0 Å². The summed E-state index contributed by atoms with van der Waals surface area (Å²) >= 11 is 1.27. The third kappa shape index (κ3) is 4.26. The van der Waals surface area contributed by atoms with Crippen LogP contribution in [-0.2, 0) is 0 Å². The van der Waals surface area contributed by atoms with Crippen LogP contribution in [0.2, 0.25) is 0 Å². The Labute approximate surface area is 140 Å². The number of benzene rings is 1. The first-order chi connectivity index (χ1) is 11.5. The molecule has 0 aliphatic carbocycles. The minimum absolute atomic E-state index is 0.0640. The van der Waals surface area contributed by atoms with Crippen LogP contribution >= 0.6 is 11.8 Å². The maximum absolute atomic E-state index is 13.7. The monoisotopic (exact) mass is 348 g/mol. The number of hydrogen-bond acceptors (Lipinski definition) is 8. The smallest absolute Gasteiger partial charge is 0.341 e. The van der Waals surface area contributed by atoms with E-state index in [1.54, 1.807) is 6.26 Å². The number of aromatic carboxylic acids is 1. The molecule has 0 aliphatic heterocycles. The number of hydrazone groups is 1. The molecule has 0 unspecified atom stereocenters. The molecule has 124 valence electrons. The molecule has 0 spiro atoms. The van der Waals surface area contributed by atoms with Gasteiger partial charge in [0.05, 0.1) is 11.9 Å². The highest BCUT2D eigenvalue weighted by atomic mass is 32.2. The quantitative estimate of drug-likeness (QED) is 0.262. The molecule has 8 nitrogen and oxygen atoms in total. The van der Waals surface area contributed by atoms with Gasteiger partial charge in [0.15, 0.2) is 5.16 Å². The number of aromatic nitrogens is 2. The van der Waals surface area contributed by atoms with Gasteiger partial charge in [0, 0.05) is 18.1 Å². The molecule has 0 saturated carbocycles. The molecule has 0 saturated heterocycles. The molecule has 0 bridgehead atoms. The summed E-state index contributed by atoms with van der Waals surface area (Å²) in [6.45, 7) is 0. The van der Waals surface area contributed by atoms with Gasteiger partial charge >= 0.3 is 5.97 Å². The van der Waals surface area contributed by atoms with E-state index in [0.717, 1.165) is 12.4 Å². The molecule has 1 heterocycles. The Hall–Kier alpha value is -3.01. The number of nitrogens with one attached hydrogen (secondary N) is 3. The van der Waals surface area contributed by atoms with E-state index < -0.39 is 11.8 Å². The predicted molar refractivity (Wildman–Crippen MR) is 91.4 cm³/mol. The SMILES string of the molecule is CSc1ncc(C(=O)O)c(Nc2ccc(F)c(N/N=C\C=N)c2)n1. The van der Waals surface area contributed by atoms with Crippen molar-refractivity contribution in [2.75, 3.05) is 17.0 Å². The van der Waals surface area contributed by atoms with E-state index in [-0.39, 0.29) is 17.1 Å². The zero-order valence-electron chi connectivity index (χ0n) is 12.4. The number of carbonyl (C=O) groups is 1. The van der Waals surface area contributed by atoms with Crippen LogP contribution in [0, 0.1) is 11.2 Å². The normalized spacial score (nSPS) is 10.6. The Morgan fingerprint density at radius 1 is 1.50 bits per heavy atom. The van der Waals surface area contributed by atoms with Crippen molar-refractivity contribution >= 4 is 47.4 Å². The van der Waals surface area contributed by atoms with Gasteiger partial charge in [-0.25, -0.2) is 19.2 Å². The van der Waals surface area contributed by atoms with Gasteiger partial charge < -0.3 is 15.8 Å². The van der Waals surface area contributed by atoms with Gasteiger partial charge in [-0.2, -0.15) is 5.10 Å². The van der Waals surface area contributed by atoms with E-state index in [1.165, 1.54) is 36.2 Å². The molecule has 0 aliphatic rings. The van der Waals surface area contributed by atoms with Crippen molar-refractivity contribution in [1.82, 2.24) is 9.97 Å². The van der Waals surface area contributed by atoms with Crippen molar-refractivity contribution in [1.29, 1.82) is 5.41 Å². The number of carboxylic acid groups (broad SMARTS) is 1. The molecular weight excluding hydrogens is 335 g/mol. The largest absolute Gasteiger partial charge is 0.477 e. The highest BCUT2D eigenvalue weighted by Gasteiger charge is 2.14. The van der Waals surface area contributed by atoms with Gasteiger partial charge in [0.2, 0.25) is 0 Å². The molecular formula is C14H13FN6O2S. The summed E-state index contributed by atoms with van der Waals surface area (Å²) in [7, 11) is 0. The van der Waals surface area contributed by atoms with Crippen LogP contribution in [0.3, 0.4) is 0 Å². The van der Waals surface area contributed by atoms with Crippen LogP contribution in [0.5, 0.6) is 0 Å². The lowest BCUT2D eigenvalue weighted by atomic mass is 10.2. The molecule has 0 fully saturated rings. The van der Waals surface area contributed by atoms with E-state index >= 15 is 0 Å².